The summed E-state index contributed by atoms with van der Waals surface area (Å²) in [5.74, 6) is 0.630. The highest BCUT2D eigenvalue weighted by Crippen LogP contribution is 2.37. The molecule has 1 amide bonds. The first kappa shape index (κ1) is 14.6. The van der Waals surface area contributed by atoms with Crippen LogP contribution in [0.1, 0.15) is 36.4 Å². The van der Waals surface area contributed by atoms with Crippen LogP contribution in [0.5, 0.6) is 0 Å². The van der Waals surface area contributed by atoms with Crippen molar-refractivity contribution in [2.45, 2.75) is 57.5 Å². The van der Waals surface area contributed by atoms with Crippen molar-refractivity contribution in [2.24, 2.45) is 5.92 Å². The Balaban J connectivity index is 1.38. The Bertz CT molecular complexity index is 557. The van der Waals surface area contributed by atoms with Crippen LogP contribution in [0.4, 0.5) is 0 Å². The van der Waals surface area contributed by atoms with Crippen LogP contribution >= 0.6 is 11.3 Å². The lowest BCUT2D eigenvalue weighted by Gasteiger charge is -2.39. The zero-order chi connectivity index (χ0) is 15.1. The van der Waals surface area contributed by atoms with Gasteiger partial charge in [-0.25, -0.2) is 4.98 Å². The summed E-state index contributed by atoms with van der Waals surface area (Å²) in [5, 5.41) is 3.12. The van der Waals surface area contributed by atoms with Gasteiger partial charge in [-0.1, -0.05) is 0 Å². The standard InChI is InChI=1S/C16H22N2O3S/c1-10-17-12(9-22-10)8-21-14-5-4-13-15(14)20-7-6-18(13)16(19)11-2-3-11/h9,11,13-15H,2-8H2,1H3/t13-,14+,15+/m0/s1. The van der Waals surface area contributed by atoms with Gasteiger partial charge in [0.1, 0.15) is 6.10 Å². The molecule has 0 aromatic carbocycles. The van der Waals surface area contributed by atoms with Crippen molar-refractivity contribution in [3.05, 3.63) is 16.1 Å². The van der Waals surface area contributed by atoms with Gasteiger partial charge < -0.3 is 14.4 Å². The van der Waals surface area contributed by atoms with E-state index in [2.05, 4.69) is 9.88 Å². The molecule has 1 aromatic rings. The summed E-state index contributed by atoms with van der Waals surface area (Å²) in [7, 11) is 0. The smallest absolute Gasteiger partial charge is 0.226 e. The van der Waals surface area contributed by atoms with Crippen LogP contribution in [0.3, 0.4) is 0 Å². The molecule has 2 heterocycles. The Hall–Kier alpha value is -0.980. The molecule has 1 aromatic heterocycles. The summed E-state index contributed by atoms with van der Waals surface area (Å²) >= 11 is 1.65. The Kier molecular flexibility index (Phi) is 3.92. The minimum atomic E-state index is 0.0381. The summed E-state index contributed by atoms with van der Waals surface area (Å²) < 4.78 is 12.0. The minimum absolute atomic E-state index is 0.0381. The van der Waals surface area contributed by atoms with E-state index in [-0.39, 0.29) is 24.2 Å². The number of thiazole rings is 1. The average Bonchev–Trinajstić information content (AvgIpc) is 3.17. The largest absolute Gasteiger partial charge is 0.372 e. The van der Waals surface area contributed by atoms with Crippen molar-refractivity contribution in [3.63, 3.8) is 0 Å². The fourth-order valence-corrected chi connectivity index (χ4v) is 4.20. The number of carbonyl (C=O) groups is 1. The van der Waals surface area contributed by atoms with Gasteiger partial charge in [0.05, 0.1) is 36.1 Å². The van der Waals surface area contributed by atoms with Crippen LogP contribution in [0.25, 0.3) is 0 Å². The highest BCUT2D eigenvalue weighted by atomic mass is 32.1. The zero-order valence-electron chi connectivity index (χ0n) is 12.9. The SMILES string of the molecule is Cc1nc(CO[C@@H]2CC[C@H]3[C@H]2OCCN3C(=O)C2CC2)cs1. The predicted molar refractivity (Wildman–Crippen MR) is 82.6 cm³/mol. The van der Waals surface area contributed by atoms with Crippen molar-refractivity contribution in [3.8, 4) is 0 Å². The third-order valence-corrected chi connectivity index (χ3v) is 5.68. The minimum Gasteiger partial charge on any atom is -0.372 e. The molecule has 1 aliphatic heterocycles. The van der Waals surface area contributed by atoms with E-state index >= 15 is 0 Å². The fourth-order valence-electron chi connectivity index (χ4n) is 3.60. The topological polar surface area (TPSA) is 51.7 Å². The second-order valence-electron chi connectivity index (χ2n) is 6.49. The molecule has 0 radical (unpaired) electrons. The van der Waals surface area contributed by atoms with E-state index in [1.54, 1.807) is 11.3 Å². The summed E-state index contributed by atoms with van der Waals surface area (Å²) in [6, 6.07) is 0.212. The Morgan fingerprint density at radius 3 is 3.05 bits per heavy atom. The quantitative estimate of drug-likeness (QED) is 0.852. The van der Waals surface area contributed by atoms with E-state index in [9.17, 15) is 4.79 Å². The molecule has 2 aliphatic carbocycles. The van der Waals surface area contributed by atoms with Gasteiger partial charge in [-0.05, 0) is 32.6 Å². The van der Waals surface area contributed by atoms with Gasteiger partial charge >= 0.3 is 0 Å². The molecule has 6 heteroatoms. The molecule has 3 aliphatic rings. The number of amides is 1. The second kappa shape index (κ2) is 5.91. The molecule has 0 N–H and O–H groups in total. The molecule has 5 nitrogen and oxygen atoms in total. The number of morpholine rings is 1. The zero-order valence-corrected chi connectivity index (χ0v) is 13.7. The molecular weight excluding hydrogens is 300 g/mol. The predicted octanol–water partition coefficient (Wildman–Crippen LogP) is 2.14. The van der Waals surface area contributed by atoms with E-state index < -0.39 is 0 Å². The second-order valence-corrected chi connectivity index (χ2v) is 7.56. The highest BCUT2D eigenvalue weighted by molar-refractivity contribution is 7.09. The molecule has 0 spiro atoms. The lowest BCUT2D eigenvalue weighted by molar-refractivity contribution is -0.153. The maximum Gasteiger partial charge on any atom is 0.226 e. The summed E-state index contributed by atoms with van der Waals surface area (Å²) in [5.41, 5.74) is 0.993. The molecule has 120 valence electrons. The van der Waals surface area contributed by atoms with Crippen molar-refractivity contribution in [1.82, 2.24) is 9.88 Å². The van der Waals surface area contributed by atoms with Crippen molar-refractivity contribution >= 4 is 17.2 Å². The van der Waals surface area contributed by atoms with Gasteiger partial charge in [-0.3, -0.25) is 4.79 Å². The Morgan fingerprint density at radius 1 is 1.45 bits per heavy atom. The van der Waals surface area contributed by atoms with E-state index in [0.29, 0.717) is 19.1 Å². The monoisotopic (exact) mass is 322 g/mol. The molecule has 2 saturated carbocycles. The van der Waals surface area contributed by atoms with Crippen LogP contribution < -0.4 is 0 Å². The number of ether oxygens (including phenoxy) is 2. The molecule has 3 fully saturated rings. The van der Waals surface area contributed by atoms with Gasteiger partial charge in [0.15, 0.2) is 0 Å². The first-order chi connectivity index (χ1) is 10.7. The van der Waals surface area contributed by atoms with Crippen LogP contribution in [0.15, 0.2) is 5.38 Å². The summed E-state index contributed by atoms with van der Waals surface area (Å²) in [4.78, 5) is 18.9. The highest BCUT2D eigenvalue weighted by Gasteiger charge is 2.47. The average molecular weight is 322 g/mol. The van der Waals surface area contributed by atoms with Crippen LogP contribution in [0.2, 0.25) is 0 Å². The first-order valence-electron chi connectivity index (χ1n) is 8.17. The van der Waals surface area contributed by atoms with Crippen molar-refractivity contribution in [1.29, 1.82) is 0 Å². The molecular formula is C16H22N2O3S. The number of aromatic nitrogens is 1. The van der Waals surface area contributed by atoms with Crippen LogP contribution in [0, 0.1) is 12.8 Å². The number of nitrogens with zero attached hydrogens (tertiary/aromatic N) is 2. The van der Waals surface area contributed by atoms with E-state index in [0.717, 1.165) is 42.9 Å². The van der Waals surface area contributed by atoms with Gasteiger partial charge in [-0.15, -0.1) is 11.3 Å². The molecule has 0 bridgehead atoms. The third kappa shape index (κ3) is 2.79. The number of fused-ring (bicyclic) bond motifs is 1. The number of aryl methyl sites for hydroxylation is 1. The molecule has 22 heavy (non-hydrogen) atoms. The fraction of sp³-hybridized carbons (Fsp3) is 0.750. The van der Waals surface area contributed by atoms with E-state index in [1.165, 1.54) is 0 Å². The lowest BCUT2D eigenvalue weighted by Crippen LogP contribution is -2.54. The summed E-state index contributed by atoms with van der Waals surface area (Å²) in [6.45, 7) is 3.92. The number of hydrogen-bond donors (Lipinski definition) is 0. The Morgan fingerprint density at radius 2 is 2.32 bits per heavy atom. The van der Waals surface area contributed by atoms with Gasteiger partial charge in [0, 0.05) is 17.8 Å². The van der Waals surface area contributed by atoms with Gasteiger partial charge in [0.2, 0.25) is 5.91 Å². The molecule has 1 saturated heterocycles. The van der Waals surface area contributed by atoms with E-state index in [1.807, 2.05) is 12.3 Å². The molecule has 3 atom stereocenters. The number of hydrogen-bond acceptors (Lipinski definition) is 5. The summed E-state index contributed by atoms with van der Waals surface area (Å²) in [6.07, 6.45) is 4.21. The Labute approximate surface area is 134 Å². The maximum atomic E-state index is 12.4. The number of rotatable bonds is 4. The van der Waals surface area contributed by atoms with Crippen molar-refractivity contribution < 1.29 is 14.3 Å². The maximum absolute atomic E-state index is 12.4. The van der Waals surface area contributed by atoms with E-state index in [4.69, 9.17) is 9.47 Å². The van der Waals surface area contributed by atoms with Crippen molar-refractivity contribution in [2.75, 3.05) is 13.2 Å². The van der Waals surface area contributed by atoms with Crippen LogP contribution in [-0.4, -0.2) is 47.2 Å². The lowest BCUT2D eigenvalue weighted by atomic mass is 10.1. The van der Waals surface area contributed by atoms with Gasteiger partial charge in [-0.2, -0.15) is 0 Å². The number of carbonyl (C=O) groups excluding carboxylic acids is 1. The molecule has 0 unspecified atom stereocenters. The normalized spacial score (nSPS) is 31.3. The van der Waals surface area contributed by atoms with Gasteiger partial charge in [0.25, 0.3) is 0 Å². The molecule has 4 rings (SSSR count). The third-order valence-electron chi connectivity index (χ3n) is 4.86. The first-order valence-corrected chi connectivity index (χ1v) is 9.05. The van der Waals surface area contributed by atoms with Crippen LogP contribution in [-0.2, 0) is 20.9 Å².